The molecule has 138 valence electrons. The third-order valence-corrected chi connectivity index (χ3v) is 4.40. The number of carbonyl (C=O) groups is 2. The second-order valence-electron chi connectivity index (χ2n) is 5.20. The topological polar surface area (TPSA) is 116 Å². The highest BCUT2D eigenvalue weighted by Gasteiger charge is 2.35. The molecular weight excluding hydrogens is 361 g/mol. The fourth-order valence-electron chi connectivity index (χ4n) is 2.15. The summed E-state index contributed by atoms with van der Waals surface area (Å²) in [4.78, 5) is 24.2. The van der Waals surface area contributed by atoms with E-state index < -0.39 is 41.3 Å². The number of thioether (sulfide) groups is 1. The molecule has 1 saturated heterocycles. The Hall–Kier alpha value is -1.82. The molecule has 1 aromatic rings. The summed E-state index contributed by atoms with van der Waals surface area (Å²) in [6, 6.07) is 2.54. The summed E-state index contributed by atoms with van der Waals surface area (Å²) in [6.45, 7) is -0.0674. The van der Waals surface area contributed by atoms with Crippen molar-refractivity contribution in [3.05, 3.63) is 35.4 Å². The zero-order valence-corrected chi connectivity index (χ0v) is 13.7. The standard InChI is InChI=1S/C14H17F3N4O3S/c15-14(16,17)8-3-1-7(2-4-8)11(23)19-9-10(18)20-13(21-12(9)24)25-6-5-22/h1-4,9-10,13,20,22H,5-6,18H2,(H,19,23)(H,21,24). The van der Waals surface area contributed by atoms with Crippen molar-refractivity contribution < 1.29 is 27.9 Å². The SMILES string of the molecule is NC1NC(SCCO)NC(=O)C1NC(=O)c1ccc(C(F)(F)F)cc1. The van der Waals surface area contributed by atoms with Crippen molar-refractivity contribution in [3.63, 3.8) is 0 Å². The number of rotatable bonds is 5. The molecule has 2 amide bonds. The maximum absolute atomic E-state index is 12.5. The molecule has 6 N–H and O–H groups in total. The summed E-state index contributed by atoms with van der Waals surface area (Å²) < 4.78 is 37.6. The Morgan fingerprint density at radius 1 is 1.32 bits per heavy atom. The molecule has 0 saturated carbocycles. The number of aliphatic hydroxyl groups is 1. The number of aliphatic hydroxyl groups excluding tert-OH is 1. The van der Waals surface area contributed by atoms with Crippen LogP contribution in [0.25, 0.3) is 0 Å². The van der Waals surface area contributed by atoms with Gasteiger partial charge >= 0.3 is 6.18 Å². The lowest BCUT2D eigenvalue weighted by molar-refractivity contribution is -0.137. The fraction of sp³-hybridized carbons (Fsp3) is 0.429. The highest BCUT2D eigenvalue weighted by molar-refractivity contribution is 7.99. The van der Waals surface area contributed by atoms with Crippen molar-refractivity contribution in [2.75, 3.05) is 12.4 Å². The summed E-state index contributed by atoms with van der Waals surface area (Å²) >= 11 is 1.23. The number of amides is 2. The van der Waals surface area contributed by atoms with E-state index in [1.807, 2.05) is 0 Å². The lowest BCUT2D eigenvalue weighted by Gasteiger charge is -2.35. The molecule has 1 aliphatic heterocycles. The number of hydrogen-bond acceptors (Lipinski definition) is 6. The van der Waals surface area contributed by atoms with Crippen LogP contribution in [0.5, 0.6) is 0 Å². The van der Waals surface area contributed by atoms with E-state index in [4.69, 9.17) is 10.8 Å². The van der Waals surface area contributed by atoms with Gasteiger partial charge in [0.25, 0.3) is 5.91 Å². The minimum absolute atomic E-state index is 0.0234. The van der Waals surface area contributed by atoms with E-state index >= 15 is 0 Å². The molecule has 1 fully saturated rings. The third-order valence-electron chi connectivity index (χ3n) is 3.40. The number of hydrogen-bond donors (Lipinski definition) is 5. The average Bonchev–Trinajstić information content (AvgIpc) is 2.55. The van der Waals surface area contributed by atoms with Gasteiger partial charge in [-0.2, -0.15) is 13.2 Å². The van der Waals surface area contributed by atoms with E-state index in [-0.39, 0.29) is 12.2 Å². The van der Waals surface area contributed by atoms with Gasteiger partial charge in [-0.3, -0.25) is 14.9 Å². The van der Waals surface area contributed by atoms with Gasteiger partial charge in [0.1, 0.15) is 11.5 Å². The minimum atomic E-state index is -4.49. The summed E-state index contributed by atoms with van der Waals surface area (Å²) in [5.41, 5.74) is 4.43. The maximum Gasteiger partial charge on any atom is 0.416 e. The molecule has 1 aliphatic rings. The van der Waals surface area contributed by atoms with Crippen molar-refractivity contribution in [1.82, 2.24) is 16.0 Å². The molecule has 3 unspecified atom stereocenters. The van der Waals surface area contributed by atoms with E-state index in [9.17, 15) is 22.8 Å². The van der Waals surface area contributed by atoms with Crippen LogP contribution in [0.1, 0.15) is 15.9 Å². The normalized spacial score (nSPS) is 23.9. The van der Waals surface area contributed by atoms with Crippen LogP contribution in [0.15, 0.2) is 24.3 Å². The first kappa shape index (κ1) is 19.5. The van der Waals surface area contributed by atoms with Crippen LogP contribution in [0.2, 0.25) is 0 Å². The van der Waals surface area contributed by atoms with Gasteiger partial charge in [0, 0.05) is 11.3 Å². The molecule has 0 bridgehead atoms. The largest absolute Gasteiger partial charge is 0.416 e. The Morgan fingerprint density at radius 3 is 2.48 bits per heavy atom. The van der Waals surface area contributed by atoms with E-state index in [0.29, 0.717) is 5.75 Å². The number of nitrogens with two attached hydrogens (primary N) is 1. The van der Waals surface area contributed by atoms with Crippen LogP contribution in [0.4, 0.5) is 13.2 Å². The first-order chi connectivity index (χ1) is 11.7. The van der Waals surface area contributed by atoms with Crippen LogP contribution in [-0.4, -0.2) is 47.0 Å². The molecule has 25 heavy (non-hydrogen) atoms. The smallest absolute Gasteiger partial charge is 0.396 e. The number of alkyl halides is 3. The van der Waals surface area contributed by atoms with Crippen molar-refractivity contribution in [1.29, 1.82) is 0 Å². The molecular formula is C14H17F3N4O3S. The minimum Gasteiger partial charge on any atom is -0.396 e. The van der Waals surface area contributed by atoms with Crippen LogP contribution in [-0.2, 0) is 11.0 Å². The molecule has 0 spiro atoms. The van der Waals surface area contributed by atoms with Crippen LogP contribution >= 0.6 is 11.8 Å². The van der Waals surface area contributed by atoms with Crippen LogP contribution in [0, 0.1) is 0 Å². The lowest BCUT2D eigenvalue weighted by Crippen LogP contribution is -2.70. The summed E-state index contributed by atoms with van der Waals surface area (Å²) in [5.74, 6) is -0.859. The Morgan fingerprint density at radius 2 is 1.96 bits per heavy atom. The molecule has 2 rings (SSSR count). The van der Waals surface area contributed by atoms with Crippen molar-refractivity contribution in [2.24, 2.45) is 5.73 Å². The predicted octanol–water partition coefficient (Wildman–Crippen LogP) is -0.183. The molecule has 0 aliphatic carbocycles. The molecule has 11 heteroatoms. The molecule has 3 atom stereocenters. The van der Waals surface area contributed by atoms with E-state index in [0.717, 1.165) is 24.3 Å². The van der Waals surface area contributed by atoms with Crippen molar-refractivity contribution in [2.45, 2.75) is 23.9 Å². The van der Waals surface area contributed by atoms with Gasteiger partial charge in [0.2, 0.25) is 5.91 Å². The second-order valence-corrected chi connectivity index (χ2v) is 6.41. The lowest BCUT2D eigenvalue weighted by atomic mass is 10.1. The predicted molar refractivity (Wildman–Crippen MR) is 85.3 cm³/mol. The first-order valence-corrected chi connectivity index (χ1v) is 8.30. The number of benzene rings is 1. The van der Waals surface area contributed by atoms with Gasteiger partial charge in [-0.1, -0.05) is 0 Å². The highest BCUT2D eigenvalue weighted by atomic mass is 32.2. The number of carbonyl (C=O) groups excluding carboxylic acids is 2. The summed E-state index contributed by atoms with van der Waals surface area (Å²) in [6.07, 6.45) is -5.38. The summed E-state index contributed by atoms with van der Waals surface area (Å²) in [5, 5.41) is 16.6. The molecule has 1 heterocycles. The quantitative estimate of drug-likeness (QED) is 0.485. The number of halogens is 3. The third kappa shape index (κ3) is 5.08. The summed E-state index contributed by atoms with van der Waals surface area (Å²) in [7, 11) is 0. The Kier molecular flexibility index (Phi) is 6.27. The molecule has 7 nitrogen and oxygen atoms in total. The molecule has 0 aromatic heterocycles. The van der Waals surface area contributed by atoms with E-state index in [1.165, 1.54) is 11.8 Å². The van der Waals surface area contributed by atoms with Gasteiger partial charge in [-0.15, -0.1) is 11.8 Å². The van der Waals surface area contributed by atoms with Gasteiger partial charge < -0.3 is 21.5 Å². The van der Waals surface area contributed by atoms with Gasteiger partial charge in [0.15, 0.2) is 0 Å². The van der Waals surface area contributed by atoms with Crippen LogP contribution < -0.4 is 21.7 Å². The fourth-order valence-corrected chi connectivity index (χ4v) is 2.94. The molecule has 1 aromatic carbocycles. The maximum atomic E-state index is 12.5. The Balaban J connectivity index is 1.99. The first-order valence-electron chi connectivity index (χ1n) is 7.25. The monoisotopic (exact) mass is 378 g/mol. The number of nitrogens with one attached hydrogen (secondary N) is 3. The average molecular weight is 378 g/mol. The second kappa shape index (κ2) is 8.04. The highest BCUT2D eigenvalue weighted by Crippen LogP contribution is 2.29. The Labute approximate surface area is 145 Å². The van der Waals surface area contributed by atoms with Crippen LogP contribution in [0.3, 0.4) is 0 Å². The van der Waals surface area contributed by atoms with Crippen molar-refractivity contribution >= 4 is 23.6 Å². The zero-order chi connectivity index (χ0) is 18.6. The molecule has 0 radical (unpaired) electrons. The van der Waals surface area contributed by atoms with Gasteiger partial charge in [0.05, 0.1) is 18.3 Å². The van der Waals surface area contributed by atoms with Gasteiger partial charge in [-0.05, 0) is 24.3 Å². The van der Waals surface area contributed by atoms with Gasteiger partial charge in [-0.25, -0.2) is 0 Å². The van der Waals surface area contributed by atoms with Crippen molar-refractivity contribution in [3.8, 4) is 0 Å². The van der Waals surface area contributed by atoms with E-state index in [1.54, 1.807) is 0 Å². The zero-order valence-electron chi connectivity index (χ0n) is 12.8. The van der Waals surface area contributed by atoms with E-state index in [2.05, 4.69) is 16.0 Å². The Bertz CT molecular complexity index is 627.